The molecule has 2 rings (SSSR count). The van der Waals surface area contributed by atoms with Gasteiger partial charge in [-0.15, -0.1) is 0 Å². The molecule has 1 N–H and O–H groups in total. The number of nitrogens with zero attached hydrogens (tertiary/aromatic N) is 1. The molecular weight excluding hydrogens is 285 g/mol. The van der Waals surface area contributed by atoms with Crippen molar-refractivity contribution in [1.29, 1.82) is 5.26 Å². The predicted octanol–water partition coefficient (Wildman–Crippen LogP) is 1.99. The summed E-state index contributed by atoms with van der Waals surface area (Å²) in [5.74, 6) is -2.70. The highest BCUT2D eigenvalue weighted by molar-refractivity contribution is 7.91. The average molecular weight is 297 g/mol. The Bertz CT molecular complexity index is 702. The lowest BCUT2D eigenvalue weighted by molar-refractivity contribution is 0.0691. The molecule has 1 fully saturated rings. The molecule has 0 atom stereocenters. The zero-order valence-electron chi connectivity index (χ0n) is 10.5. The van der Waals surface area contributed by atoms with Gasteiger partial charge in [0.15, 0.2) is 9.84 Å². The molecule has 0 amide bonds. The van der Waals surface area contributed by atoms with E-state index in [0.717, 1.165) is 18.2 Å². The lowest BCUT2D eigenvalue weighted by Crippen LogP contribution is -2.18. The number of carboxylic acids is 1. The number of halogens is 1. The predicted molar refractivity (Wildman–Crippen MR) is 67.3 cm³/mol. The molecule has 0 heterocycles. The fourth-order valence-electron chi connectivity index (χ4n) is 2.06. The molecule has 1 saturated carbocycles. The van der Waals surface area contributed by atoms with E-state index in [9.17, 15) is 17.6 Å². The summed E-state index contributed by atoms with van der Waals surface area (Å²) in [6.45, 7) is 0. The number of aromatic carboxylic acids is 1. The number of hydrogen-bond acceptors (Lipinski definition) is 4. The number of rotatable bonds is 5. The van der Waals surface area contributed by atoms with E-state index in [4.69, 9.17) is 10.4 Å². The fourth-order valence-corrected chi connectivity index (χ4v) is 4.00. The zero-order valence-corrected chi connectivity index (χ0v) is 11.3. The Morgan fingerprint density at radius 1 is 1.45 bits per heavy atom. The van der Waals surface area contributed by atoms with Crippen LogP contribution in [0.15, 0.2) is 23.1 Å². The van der Waals surface area contributed by atoms with Crippen LogP contribution in [-0.4, -0.2) is 25.2 Å². The summed E-state index contributed by atoms with van der Waals surface area (Å²) in [7, 11) is -3.73. The fraction of sp³-hybridized carbons (Fsp3) is 0.385. The van der Waals surface area contributed by atoms with Crippen LogP contribution in [0.3, 0.4) is 0 Å². The van der Waals surface area contributed by atoms with Crippen molar-refractivity contribution in [3.05, 3.63) is 29.6 Å². The molecule has 1 aliphatic rings. The maximum atomic E-state index is 13.3. The highest BCUT2D eigenvalue weighted by atomic mass is 32.2. The van der Waals surface area contributed by atoms with Crippen molar-refractivity contribution in [2.75, 3.05) is 5.75 Å². The van der Waals surface area contributed by atoms with Crippen molar-refractivity contribution in [3.8, 4) is 6.07 Å². The second kappa shape index (κ2) is 4.87. The molecule has 0 radical (unpaired) electrons. The normalized spacial score (nSPS) is 16.4. The van der Waals surface area contributed by atoms with Gasteiger partial charge in [0.1, 0.15) is 5.82 Å². The third-order valence-electron chi connectivity index (χ3n) is 3.43. The Kier molecular flexibility index (Phi) is 3.52. The summed E-state index contributed by atoms with van der Waals surface area (Å²) in [4.78, 5) is 10.6. The second-order valence-corrected chi connectivity index (χ2v) is 7.03. The van der Waals surface area contributed by atoms with Crippen LogP contribution in [0.5, 0.6) is 0 Å². The van der Waals surface area contributed by atoms with Gasteiger partial charge in [-0.25, -0.2) is 17.6 Å². The first kappa shape index (κ1) is 14.5. The molecular formula is C13H12FNO4S. The van der Waals surface area contributed by atoms with E-state index in [1.807, 2.05) is 6.07 Å². The molecule has 20 heavy (non-hydrogen) atoms. The first-order chi connectivity index (χ1) is 9.30. The van der Waals surface area contributed by atoms with E-state index in [2.05, 4.69) is 0 Å². The van der Waals surface area contributed by atoms with E-state index in [1.54, 1.807) is 0 Å². The summed E-state index contributed by atoms with van der Waals surface area (Å²) < 4.78 is 37.7. The molecule has 5 nitrogen and oxygen atoms in total. The van der Waals surface area contributed by atoms with Gasteiger partial charge in [-0.3, -0.25) is 0 Å². The smallest absolute Gasteiger partial charge is 0.338 e. The Balaban J connectivity index is 2.33. The van der Waals surface area contributed by atoms with Gasteiger partial charge < -0.3 is 5.11 Å². The molecule has 7 heteroatoms. The SMILES string of the molecule is N#CCC1(CS(=O)(=O)c2ccc(F)c(C(=O)O)c2)CC1. The maximum absolute atomic E-state index is 13.3. The Morgan fingerprint density at radius 3 is 2.60 bits per heavy atom. The Labute approximate surface area is 115 Å². The van der Waals surface area contributed by atoms with Crippen molar-refractivity contribution in [2.24, 2.45) is 5.41 Å². The summed E-state index contributed by atoms with van der Waals surface area (Å²) in [5, 5.41) is 17.5. The van der Waals surface area contributed by atoms with Crippen LogP contribution < -0.4 is 0 Å². The highest BCUT2D eigenvalue weighted by Crippen LogP contribution is 2.50. The molecule has 1 aromatic rings. The zero-order chi connectivity index (χ0) is 15.0. The van der Waals surface area contributed by atoms with Gasteiger partial charge >= 0.3 is 5.97 Å². The topological polar surface area (TPSA) is 95.2 Å². The van der Waals surface area contributed by atoms with Gasteiger partial charge in [-0.05, 0) is 36.5 Å². The monoisotopic (exact) mass is 297 g/mol. The maximum Gasteiger partial charge on any atom is 0.338 e. The van der Waals surface area contributed by atoms with E-state index in [-0.39, 0.29) is 17.1 Å². The van der Waals surface area contributed by atoms with Gasteiger partial charge in [-0.2, -0.15) is 5.26 Å². The molecule has 0 unspecified atom stereocenters. The van der Waals surface area contributed by atoms with Gasteiger partial charge in [0, 0.05) is 6.42 Å². The number of carbonyl (C=O) groups is 1. The number of benzene rings is 1. The van der Waals surface area contributed by atoms with Crippen LogP contribution in [0.1, 0.15) is 29.6 Å². The minimum absolute atomic E-state index is 0.152. The third kappa shape index (κ3) is 2.80. The van der Waals surface area contributed by atoms with Gasteiger partial charge in [0.2, 0.25) is 0 Å². The molecule has 1 aliphatic carbocycles. The van der Waals surface area contributed by atoms with Crippen molar-refractivity contribution >= 4 is 15.8 Å². The number of hydrogen-bond donors (Lipinski definition) is 1. The highest BCUT2D eigenvalue weighted by Gasteiger charge is 2.46. The van der Waals surface area contributed by atoms with Crippen molar-refractivity contribution < 1.29 is 22.7 Å². The molecule has 0 aromatic heterocycles. The van der Waals surface area contributed by atoms with Gasteiger partial charge in [0.05, 0.1) is 22.3 Å². The summed E-state index contributed by atoms with van der Waals surface area (Å²) >= 11 is 0. The van der Waals surface area contributed by atoms with Crippen LogP contribution in [0.25, 0.3) is 0 Å². The van der Waals surface area contributed by atoms with E-state index in [1.165, 1.54) is 0 Å². The molecule has 0 saturated heterocycles. The van der Waals surface area contributed by atoms with E-state index in [0.29, 0.717) is 12.8 Å². The molecule has 0 aliphatic heterocycles. The summed E-state index contributed by atoms with van der Waals surface area (Å²) in [6.07, 6.45) is 1.47. The average Bonchev–Trinajstić information content (AvgIpc) is 3.08. The number of carboxylic acid groups (broad SMARTS) is 1. The third-order valence-corrected chi connectivity index (χ3v) is 5.40. The first-order valence-electron chi connectivity index (χ1n) is 5.92. The van der Waals surface area contributed by atoms with Crippen molar-refractivity contribution in [3.63, 3.8) is 0 Å². The molecule has 0 spiro atoms. The minimum Gasteiger partial charge on any atom is -0.478 e. The van der Waals surface area contributed by atoms with Crippen LogP contribution >= 0.6 is 0 Å². The van der Waals surface area contributed by atoms with E-state index < -0.39 is 32.6 Å². The molecule has 0 bridgehead atoms. The molecule has 1 aromatic carbocycles. The summed E-state index contributed by atoms with van der Waals surface area (Å²) in [5.41, 5.74) is -1.19. The van der Waals surface area contributed by atoms with Crippen molar-refractivity contribution in [2.45, 2.75) is 24.2 Å². The Hall–Kier alpha value is -1.94. The standard InChI is InChI=1S/C13H12FNO4S/c14-11-2-1-9(7-10(11)12(16)17)20(18,19)8-13(3-4-13)5-6-15/h1-2,7H,3-5,8H2,(H,16,17). The van der Waals surface area contributed by atoms with Gasteiger partial charge in [-0.1, -0.05) is 0 Å². The van der Waals surface area contributed by atoms with Crippen LogP contribution in [0, 0.1) is 22.6 Å². The van der Waals surface area contributed by atoms with Crippen LogP contribution in [0.2, 0.25) is 0 Å². The first-order valence-corrected chi connectivity index (χ1v) is 7.57. The minimum atomic E-state index is -3.73. The lowest BCUT2D eigenvalue weighted by Gasteiger charge is -2.12. The second-order valence-electron chi connectivity index (χ2n) is 5.04. The Morgan fingerprint density at radius 2 is 2.10 bits per heavy atom. The van der Waals surface area contributed by atoms with Crippen LogP contribution in [0.4, 0.5) is 4.39 Å². The largest absolute Gasteiger partial charge is 0.478 e. The quantitative estimate of drug-likeness (QED) is 0.838. The summed E-state index contributed by atoms with van der Waals surface area (Å²) in [6, 6.07) is 4.68. The lowest BCUT2D eigenvalue weighted by atomic mass is 10.1. The van der Waals surface area contributed by atoms with Crippen LogP contribution in [-0.2, 0) is 9.84 Å². The van der Waals surface area contributed by atoms with Crippen molar-refractivity contribution in [1.82, 2.24) is 0 Å². The number of sulfone groups is 1. The van der Waals surface area contributed by atoms with Gasteiger partial charge in [0.25, 0.3) is 0 Å². The van der Waals surface area contributed by atoms with E-state index >= 15 is 0 Å². The molecule has 106 valence electrons. The number of nitriles is 1.